The first-order chi connectivity index (χ1) is 18.7. The van der Waals surface area contributed by atoms with Crippen molar-refractivity contribution in [1.29, 1.82) is 0 Å². The Hall–Kier alpha value is -4.78. The summed E-state index contributed by atoms with van der Waals surface area (Å²) in [5.41, 5.74) is 3.56. The van der Waals surface area contributed by atoms with Crippen molar-refractivity contribution in [2.45, 2.75) is 39.2 Å². The summed E-state index contributed by atoms with van der Waals surface area (Å²) in [4.78, 5) is 33.7. The van der Waals surface area contributed by atoms with Gasteiger partial charge in [0, 0.05) is 34.6 Å². The zero-order valence-electron chi connectivity index (χ0n) is 22.6. The molecule has 4 rings (SSSR count). The highest BCUT2D eigenvalue weighted by Crippen LogP contribution is 2.35. The number of hydrogen-bond donors (Lipinski definition) is 3. The van der Waals surface area contributed by atoms with Crippen LogP contribution < -0.4 is 25.4 Å². The van der Waals surface area contributed by atoms with Gasteiger partial charge in [-0.1, -0.05) is 18.8 Å². The SMILES string of the molecule is CCC(C)(C)OC(=O)NCC#Cc1ccc2c(c1)NC(=O)Cc1cnc(Nc3ccc(OC)c(OC)c3)nc1-2. The summed E-state index contributed by atoms with van der Waals surface area (Å²) in [6, 6.07) is 10.9. The van der Waals surface area contributed by atoms with Gasteiger partial charge in [0.05, 0.1) is 38.6 Å². The molecule has 0 radical (unpaired) electrons. The summed E-state index contributed by atoms with van der Waals surface area (Å²) in [7, 11) is 3.14. The van der Waals surface area contributed by atoms with Gasteiger partial charge in [-0.15, -0.1) is 0 Å². The van der Waals surface area contributed by atoms with Crippen LogP contribution in [0, 0.1) is 11.8 Å². The quantitative estimate of drug-likeness (QED) is 0.378. The molecule has 0 aliphatic carbocycles. The van der Waals surface area contributed by atoms with Crippen molar-refractivity contribution < 1.29 is 23.8 Å². The molecule has 2 amide bonds. The van der Waals surface area contributed by atoms with Crippen LogP contribution in [-0.4, -0.2) is 48.3 Å². The van der Waals surface area contributed by atoms with E-state index in [0.717, 1.165) is 11.3 Å². The lowest BCUT2D eigenvalue weighted by atomic mass is 10.0. The van der Waals surface area contributed by atoms with Gasteiger partial charge in [0.25, 0.3) is 0 Å². The van der Waals surface area contributed by atoms with Crippen molar-refractivity contribution in [3.63, 3.8) is 0 Å². The highest BCUT2D eigenvalue weighted by atomic mass is 16.6. The zero-order valence-corrected chi connectivity index (χ0v) is 22.6. The molecule has 0 bridgehead atoms. The lowest BCUT2D eigenvalue weighted by Crippen LogP contribution is -2.34. The molecule has 3 aromatic rings. The largest absolute Gasteiger partial charge is 0.493 e. The van der Waals surface area contributed by atoms with Gasteiger partial charge in [0.1, 0.15) is 5.60 Å². The molecule has 10 nitrogen and oxygen atoms in total. The number of alkyl carbamates (subject to hydrolysis) is 1. The fraction of sp³-hybridized carbons (Fsp3) is 0.310. The number of amides is 2. The third-order valence-corrected chi connectivity index (χ3v) is 6.18. The summed E-state index contributed by atoms with van der Waals surface area (Å²) < 4.78 is 16.0. The van der Waals surface area contributed by atoms with E-state index >= 15 is 0 Å². The summed E-state index contributed by atoms with van der Waals surface area (Å²) in [5.74, 6) is 7.30. The first-order valence-electron chi connectivity index (χ1n) is 12.5. The predicted octanol–water partition coefficient (Wildman–Crippen LogP) is 4.67. The van der Waals surface area contributed by atoms with Crippen LogP contribution in [0.3, 0.4) is 0 Å². The number of fused-ring (bicyclic) bond motifs is 3. The topological polar surface area (TPSA) is 124 Å². The standard InChI is InChI=1S/C29H31N5O5/c1-6-29(2,3)39-28(36)30-13-7-8-18-9-11-21-22(14-18)33-25(35)15-19-17-31-27(34-26(19)21)32-20-10-12-23(37-4)24(16-20)38-5/h9-12,14,16-17H,6,13,15H2,1-5H3,(H,30,36)(H,33,35)(H,31,32,34). The van der Waals surface area contributed by atoms with E-state index in [0.29, 0.717) is 46.4 Å². The molecular weight excluding hydrogens is 498 g/mol. The van der Waals surface area contributed by atoms with Crippen LogP contribution in [0.1, 0.15) is 38.3 Å². The Morgan fingerprint density at radius 2 is 1.92 bits per heavy atom. The lowest BCUT2D eigenvalue weighted by Gasteiger charge is -2.22. The maximum Gasteiger partial charge on any atom is 0.408 e. The monoisotopic (exact) mass is 529 g/mol. The molecule has 3 N–H and O–H groups in total. The minimum atomic E-state index is -0.538. The van der Waals surface area contributed by atoms with Crippen LogP contribution in [0.15, 0.2) is 42.6 Å². The number of rotatable bonds is 7. The number of nitrogens with one attached hydrogen (secondary N) is 3. The summed E-state index contributed by atoms with van der Waals surface area (Å²) in [6.45, 7) is 5.77. The molecule has 0 unspecified atom stereocenters. The van der Waals surface area contributed by atoms with E-state index in [1.807, 2.05) is 39.0 Å². The number of nitrogens with zero attached hydrogens (tertiary/aromatic N) is 2. The van der Waals surface area contributed by atoms with E-state index < -0.39 is 11.7 Å². The normalized spacial score (nSPS) is 12.0. The number of methoxy groups -OCH3 is 2. The first kappa shape index (κ1) is 27.3. The maximum atomic E-state index is 12.6. The Morgan fingerprint density at radius 3 is 2.67 bits per heavy atom. The van der Waals surface area contributed by atoms with Crippen LogP contribution in [0.5, 0.6) is 11.5 Å². The van der Waals surface area contributed by atoms with E-state index in [1.54, 1.807) is 38.6 Å². The third-order valence-electron chi connectivity index (χ3n) is 6.18. The van der Waals surface area contributed by atoms with Gasteiger partial charge in [-0.2, -0.15) is 0 Å². The van der Waals surface area contributed by atoms with E-state index in [2.05, 4.69) is 32.8 Å². The number of aromatic nitrogens is 2. The molecule has 39 heavy (non-hydrogen) atoms. The number of ether oxygens (including phenoxy) is 3. The molecule has 1 aliphatic heterocycles. The lowest BCUT2D eigenvalue weighted by molar-refractivity contribution is -0.115. The van der Waals surface area contributed by atoms with Gasteiger partial charge in [-0.25, -0.2) is 14.8 Å². The van der Waals surface area contributed by atoms with Crippen LogP contribution in [-0.2, 0) is 16.0 Å². The summed E-state index contributed by atoms with van der Waals surface area (Å²) >= 11 is 0. The Bertz CT molecular complexity index is 1460. The van der Waals surface area contributed by atoms with Crippen LogP contribution in [0.4, 0.5) is 22.1 Å². The second-order valence-electron chi connectivity index (χ2n) is 9.41. The van der Waals surface area contributed by atoms with Crippen LogP contribution in [0.2, 0.25) is 0 Å². The first-order valence-corrected chi connectivity index (χ1v) is 12.5. The Labute approximate surface area is 227 Å². The van der Waals surface area contributed by atoms with Gasteiger partial charge in [0.2, 0.25) is 11.9 Å². The highest BCUT2D eigenvalue weighted by Gasteiger charge is 2.22. The molecule has 0 atom stereocenters. The molecule has 0 spiro atoms. The molecule has 0 fully saturated rings. The second-order valence-corrected chi connectivity index (χ2v) is 9.41. The van der Waals surface area contributed by atoms with Crippen molar-refractivity contribution in [1.82, 2.24) is 15.3 Å². The number of carbonyl (C=O) groups excluding carboxylic acids is 2. The smallest absolute Gasteiger partial charge is 0.408 e. The van der Waals surface area contributed by atoms with Gasteiger partial charge in [-0.05, 0) is 50.6 Å². The van der Waals surface area contributed by atoms with Crippen LogP contribution in [0.25, 0.3) is 11.3 Å². The van der Waals surface area contributed by atoms with Crippen LogP contribution >= 0.6 is 0 Å². The molecule has 2 heterocycles. The Balaban J connectivity index is 1.54. The maximum absolute atomic E-state index is 12.6. The summed E-state index contributed by atoms with van der Waals surface area (Å²) in [5, 5.41) is 8.75. The van der Waals surface area contributed by atoms with Gasteiger partial charge >= 0.3 is 6.09 Å². The average Bonchev–Trinajstić information content (AvgIpc) is 3.05. The predicted molar refractivity (Wildman–Crippen MR) is 148 cm³/mol. The molecule has 1 aromatic heterocycles. The molecule has 0 saturated heterocycles. The molecule has 10 heteroatoms. The molecule has 0 saturated carbocycles. The van der Waals surface area contributed by atoms with Gasteiger partial charge in [0.15, 0.2) is 11.5 Å². The highest BCUT2D eigenvalue weighted by molar-refractivity contribution is 6.00. The van der Waals surface area contributed by atoms with Crippen molar-refractivity contribution in [2.24, 2.45) is 0 Å². The summed E-state index contributed by atoms with van der Waals surface area (Å²) in [6.07, 6.45) is 1.98. The van der Waals surface area contributed by atoms with E-state index in [4.69, 9.17) is 19.2 Å². The number of hydrogen-bond acceptors (Lipinski definition) is 8. The number of carbonyl (C=O) groups is 2. The zero-order chi connectivity index (χ0) is 28.0. The van der Waals surface area contributed by atoms with E-state index in [-0.39, 0.29) is 18.9 Å². The molecule has 202 valence electrons. The minimum Gasteiger partial charge on any atom is -0.493 e. The second kappa shape index (κ2) is 11.7. The Morgan fingerprint density at radius 1 is 1.13 bits per heavy atom. The molecular formula is C29H31N5O5. The fourth-order valence-corrected chi connectivity index (χ4v) is 3.79. The van der Waals surface area contributed by atoms with Gasteiger partial charge in [-0.3, -0.25) is 4.79 Å². The van der Waals surface area contributed by atoms with E-state index in [9.17, 15) is 9.59 Å². The molecule has 2 aromatic carbocycles. The van der Waals surface area contributed by atoms with Gasteiger partial charge < -0.3 is 30.2 Å². The van der Waals surface area contributed by atoms with Crippen molar-refractivity contribution in [3.8, 4) is 34.6 Å². The number of anilines is 3. The Kier molecular flexibility index (Phi) is 8.20. The van der Waals surface area contributed by atoms with E-state index in [1.165, 1.54) is 0 Å². The van der Waals surface area contributed by atoms with Crippen molar-refractivity contribution in [2.75, 3.05) is 31.4 Å². The van der Waals surface area contributed by atoms with Crippen molar-refractivity contribution >= 4 is 29.3 Å². The minimum absolute atomic E-state index is 0.128. The fourth-order valence-electron chi connectivity index (χ4n) is 3.79. The average molecular weight is 530 g/mol. The third kappa shape index (κ3) is 6.76. The number of benzene rings is 2. The molecule has 1 aliphatic rings. The van der Waals surface area contributed by atoms with Crippen molar-refractivity contribution in [3.05, 3.63) is 53.7 Å².